The Morgan fingerprint density at radius 3 is 2.64 bits per heavy atom. The summed E-state index contributed by atoms with van der Waals surface area (Å²) in [5.41, 5.74) is 2.18. The van der Waals surface area contributed by atoms with Gasteiger partial charge in [-0.05, 0) is 24.6 Å². The van der Waals surface area contributed by atoms with Crippen LogP contribution >= 0.6 is 0 Å². The maximum atomic E-state index is 12.7. The van der Waals surface area contributed by atoms with Gasteiger partial charge >= 0.3 is 0 Å². The van der Waals surface area contributed by atoms with Gasteiger partial charge in [-0.15, -0.1) is 0 Å². The van der Waals surface area contributed by atoms with Crippen molar-refractivity contribution >= 4 is 22.6 Å². The Morgan fingerprint density at radius 1 is 1.07 bits per heavy atom. The number of nitrogens with zero attached hydrogens (tertiary/aromatic N) is 4. The molecule has 0 aliphatic carbocycles. The molecule has 2 aromatic heterocycles. The largest absolute Gasteiger partial charge is 0.304 e. The molecule has 7 nitrogen and oxygen atoms in total. The molecule has 0 radical (unpaired) electrons. The zero-order valence-corrected chi connectivity index (χ0v) is 15.6. The first-order valence-electron chi connectivity index (χ1n) is 8.87. The molecule has 2 aromatic carbocycles. The van der Waals surface area contributed by atoms with Crippen LogP contribution in [0.2, 0.25) is 0 Å². The molecule has 0 atom stereocenters. The number of carbonyl (C=O) groups is 1. The Morgan fingerprint density at radius 2 is 1.86 bits per heavy atom. The highest BCUT2D eigenvalue weighted by Gasteiger charge is 2.17. The summed E-state index contributed by atoms with van der Waals surface area (Å²) in [4.78, 5) is 25.4. The number of aryl methyl sites for hydroxylation is 2. The first-order valence-corrected chi connectivity index (χ1v) is 8.87. The van der Waals surface area contributed by atoms with E-state index >= 15 is 0 Å². The van der Waals surface area contributed by atoms with Gasteiger partial charge in [-0.2, -0.15) is 10.2 Å². The monoisotopic (exact) mass is 373 g/mol. The second-order valence-corrected chi connectivity index (χ2v) is 6.66. The maximum Gasteiger partial charge on any atom is 0.281 e. The number of anilines is 1. The average molecular weight is 373 g/mol. The molecule has 140 valence electrons. The van der Waals surface area contributed by atoms with Crippen LogP contribution in [0.4, 0.5) is 5.82 Å². The molecule has 0 aliphatic heterocycles. The van der Waals surface area contributed by atoms with Crippen LogP contribution in [-0.4, -0.2) is 25.5 Å². The summed E-state index contributed by atoms with van der Waals surface area (Å²) in [5, 5.41) is 11.6. The van der Waals surface area contributed by atoms with Gasteiger partial charge in [0.15, 0.2) is 11.5 Å². The smallest absolute Gasteiger partial charge is 0.281 e. The highest BCUT2D eigenvalue weighted by atomic mass is 16.2. The zero-order valence-electron chi connectivity index (χ0n) is 15.6. The number of carbonyl (C=O) groups excluding carboxylic acids is 1. The molecule has 4 aromatic rings. The van der Waals surface area contributed by atoms with Crippen LogP contribution < -0.4 is 10.7 Å². The number of hydrogen-bond acceptors (Lipinski definition) is 4. The molecule has 0 fully saturated rings. The van der Waals surface area contributed by atoms with Gasteiger partial charge in [0.05, 0.1) is 17.4 Å². The number of hydrogen-bond donors (Lipinski definition) is 1. The van der Waals surface area contributed by atoms with Crippen molar-refractivity contribution in [3.63, 3.8) is 0 Å². The molecule has 4 rings (SSSR count). The van der Waals surface area contributed by atoms with Gasteiger partial charge in [0.25, 0.3) is 5.91 Å². The average Bonchev–Trinajstić information content (AvgIpc) is 3.12. The molecule has 1 amide bonds. The Balaban J connectivity index is 1.59. The van der Waals surface area contributed by atoms with Crippen molar-refractivity contribution in [2.75, 3.05) is 5.32 Å². The van der Waals surface area contributed by atoms with E-state index in [0.717, 1.165) is 11.1 Å². The minimum atomic E-state index is -0.575. The predicted molar refractivity (Wildman–Crippen MR) is 107 cm³/mol. The summed E-state index contributed by atoms with van der Waals surface area (Å²) in [6, 6.07) is 17.1. The van der Waals surface area contributed by atoms with Crippen LogP contribution in [0.3, 0.4) is 0 Å². The molecular weight excluding hydrogens is 354 g/mol. The van der Waals surface area contributed by atoms with E-state index < -0.39 is 11.3 Å². The zero-order chi connectivity index (χ0) is 19.7. The third kappa shape index (κ3) is 3.42. The standard InChI is InChI=1S/C21H19N5O2/c1-14-8-9-17-16(12-14)20(27)19(24-25(17)2)21(28)22-18-10-11-26(23-18)13-15-6-4-3-5-7-15/h3-12H,13H2,1-2H3,(H,22,23,28). The lowest BCUT2D eigenvalue weighted by Crippen LogP contribution is -2.26. The third-order valence-corrected chi connectivity index (χ3v) is 4.50. The van der Waals surface area contributed by atoms with E-state index in [4.69, 9.17) is 0 Å². The normalized spacial score (nSPS) is 10.9. The summed E-state index contributed by atoms with van der Waals surface area (Å²) < 4.78 is 3.26. The molecule has 28 heavy (non-hydrogen) atoms. The molecule has 0 spiro atoms. The Hall–Kier alpha value is -3.74. The Bertz CT molecular complexity index is 1220. The van der Waals surface area contributed by atoms with Crippen molar-refractivity contribution in [1.29, 1.82) is 0 Å². The summed E-state index contributed by atoms with van der Waals surface area (Å²) >= 11 is 0. The van der Waals surface area contributed by atoms with Crippen LogP contribution in [0, 0.1) is 6.92 Å². The quantitative estimate of drug-likeness (QED) is 0.596. The highest BCUT2D eigenvalue weighted by molar-refractivity contribution is 6.03. The van der Waals surface area contributed by atoms with Crippen molar-refractivity contribution in [2.45, 2.75) is 13.5 Å². The number of aromatic nitrogens is 4. The van der Waals surface area contributed by atoms with E-state index in [2.05, 4.69) is 15.5 Å². The summed E-state index contributed by atoms with van der Waals surface area (Å²) in [5.74, 6) is -0.205. The first kappa shape index (κ1) is 17.7. The second-order valence-electron chi connectivity index (χ2n) is 6.66. The van der Waals surface area contributed by atoms with Gasteiger partial charge < -0.3 is 5.32 Å². The molecule has 0 unspecified atom stereocenters. The third-order valence-electron chi connectivity index (χ3n) is 4.50. The lowest BCUT2D eigenvalue weighted by atomic mass is 10.1. The van der Waals surface area contributed by atoms with Gasteiger partial charge in [-0.3, -0.25) is 19.0 Å². The van der Waals surface area contributed by atoms with E-state index in [0.29, 0.717) is 23.3 Å². The molecule has 0 saturated carbocycles. The van der Waals surface area contributed by atoms with Crippen LogP contribution in [0.25, 0.3) is 10.9 Å². The molecule has 0 saturated heterocycles. The predicted octanol–water partition coefficient (Wildman–Crippen LogP) is 2.74. The van der Waals surface area contributed by atoms with Crippen molar-refractivity contribution in [1.82, 2.24) is 19.6 Å². The molecule has 7 heteroatoms. The van der Waals surface area contributed by atoms with Crippen LogP contribution in [0.15, 0.2) is 65.6 Å². The maximum absolute atomic E-state index is 12.7. The van der Waals surface area contributed by atoms with Gasteiger partial charge in [0.2, 0.25) is 5.43 Å². The van der Waals surface area contributed by atoms with Crippen LogP contribution in [0.5, 0.6) is 0 Å². The molecule has 0 bridgehead atoms. The van der Waals surface area contributed by atoms with Gasteiger partial charge in [0.1, 0.15) is 0 Å². The first-order chi connectivity index (χ1) is 13.5. The fourth-order valence-electron chi connectivity index (χ4n) is 3.10. The number of benzene rings is 2. The van der Waals surface area contributed by atoms with Crippen molar-refractivity contribution in [3.8, 4) is 0 Å². The summed E-state index contributed by atoms with van der Waals surface area (Å²) in [7, 11) is 1.71. The fourth-order valence-corrected chi connectivity index (χ4v) is 3.10. The number of rotatable bonds is 4. The second kappa shape index (κ2) is 7.11. The number of nitrogens with one attached hydrogen (secondary N) is 1. The van der Waals surface area contributed by atoms with Gasteiger partial charge in [-0.1, -0.05) is 42.0 Å². The van der Waals surface area contributed by atoms with Crippen molar-refractivity contribution in [2.24, 2.45) is 7.05 Å². The SMILES string of the molecule is Cc1ccc2c(c1)c(=O)c(C(=O)Nc1ccn(Cc3ccccc3)n1)nn2C. The fraction of sp³-hybridized carbons (Fsp3) is 0.143. The minimum Gasteiger partial charge on any atom is -0.304 e. The lowest BCUT2D eigenvalue weighted by Gasteiger charge is -2.08. The minimum absolute atomic E-state index is 0.154. The summed E-state index contributed by atoms with van der Waals surface area (Å²) in [6.07, 6.45) is 1.78. The van der Waals surface area contributed by atoms with Crippen molar-refractivity contribution in [3.05, 3.63) is 87.8 Å². The van der Waals surface area contributed by atoms with Crippen LogP contribution in [-0.2, 0) is 13.6 Å². The van der Waals surface area contributed by atoms with E-state index in [1.165, 1.54) is 0 Å². The Kier molecular flexibility index (Phi) is 4.49. The van der Waals surface area contributed by atoms with Crippen LogP contribution in [0.1, 0.15) is 21.6 Å². The molecule has 1 N–H and O–H groups in total. The van der Waals surface area contributed by atoms with E-state index in [1.54, 1.807) is 34.7 Å². The van der Waals surface area contributed by atoms with E-state index in [-0.39, 0.29) is 5.69 Å². The van der Waals surface area contributed by atoms with E-state index in [9.17, 15) is 9.59 Å². The number of fused-ring (bicyclic) bond motifs is 1. The van der Waals surface area contributed by atoms with Gasteiger partial charge in [0, 0.05) is 19.3 Å². The van der Waals surface area contributed by atoms with E-state index in [1.807, 2.05) is 49.4 Å². The highest BCUT2D eigenvalue weighted by Crippen LogP contribution is 2.12. The Labute approximate surface area is 161 Å². The topological polar surface area (TPSA) is 81.8 Å². The molecule has 0 aliphatic rings. The lowest BCUT2D eigenvalue weighted by molar-refractivity contribution is 0.101. The summed E-state index contributed by atoms with van der Waals surface area (Å²) in [6.45, 7) is 2.49. The molecule has 2 heterocycles. The number of amides is 1. The van der Waals surface area contributed by atoms with Crippen molar-refractivity contribution < 1.29 is 4.79 Å². The van der Waals surface area contributed by atoms with Gasteiger partial charge in [-0.25, -0.2) is 0 Å². The molecular formula is C21H19N5O2.